The Balaban J connectivity index is 1.40. The van der Waals surface area contributed by atoms with E-state index in [-0.39, 0.29) is 29.6 Å². The molecule has 10 heteroatoms. The zero-order valence-electron chi connectivity index (χ0n) is 22.7. The highest BCUT2D eigenvalue weighted by atomic mass is 16.6. The number of anilines is 1. The lowest BCUT2D eigenvalue weighted by molar-refractivity contribution is 0.0173. The molecule has 2 aromatic heterocycles. The van der Waals surface area contributed by atoms with Crippen molar-refractivity contribution in [3.8, 4) is 22.8 Å². The molecule has 1 aliphatic rings. The number of aromatic nitrogens is 4. The van der Waals surface area contributed by atoms with Gasteiger partial charge in [0.25, 0.3) is 5.56 Å². The third kappa shape index (κ3) is 5.59. The Morgan fingerprint density at radius 3 is 2.31 bits per heavy atom. The molecule has 5 rings (SSSR count). The predicted molar refractivity (Wildman–Crippen MR) is 150 cm³/mol. The van der Waals surface area contributed by atoms with Crippen molar-refractivity contribution in [1.29, 1.82) is 0 Å². The number of hydrogen-bond acceptors (Lipinski definition) is 7. The van der Waals surface area contributed by atoms with Crippen molar-refractivity contribution in [2.24, 2.45) is 0 Å². The molecule has 1 amide bonds. The molecule has 2 heterocycles. The molecule has 10 nitrogen and oxygen atoms in total. The number of para-hydroxylation sites is 1. The number of benzene rings is 2. The molecule has 1 saturated carbocycles. The van der Waals surface area contributed by atoms with Gasteiger partial charge in [0.05, 0.1) is 11.4 Å². The number of rotatable bonds is 5. The van der Waals surface area contributed by atoms with Crippen LogP contribution in [-0.2, 0) is 4.74 Å². The van der Waals surface area contributed by atoms with Crippen LogP contribution in [0.2, 0.25) is 0 Å². The van der Waals surface area contributed by atoms with Crippen molar-refractivity contribution in [3.05, 3.63) is 65.0 Å². The van der Waals surface area contributed by atoms with Crippen LogP contribution in [0.25, 0.3) is 22.2 Å². The van der Waals surface area contributed by atoms with Crippen molar-refractivity contribution in [2.45, 2.75) is 64.1 Å². The van der Waals surface area contributed by atoms with Gasteiger partial charge in [-0.15, -0.1) is 0 Å². The maximum Gasteiger partial charge on any atom is 0.410 e. The maximum absolute atomic E-state index is 13.0. The summed E-state index contributed by atoms with van der Waals surface area (Å²) >= 11 is 0. The van der Waals surface area contributed by atoms with Crippen molar-refractivity contribution in [3.63, 3.8) is 0 Å². The Hall–Kier alpha value is -4.34. The minimum atomic E-state index is -0.548. The van der Waals surface area contributed by atoms with E-state index in [0.29, 0.717) is 22.3 Å². The van der Waals surface area contributed by atoms with Gasteiger partial charge in [-0.3, -0.25) is 9.48 Å². The number of carbonyl (C=O) groups excluding carboxylic acids is 1. The van der Waals surface area contributed by atoms with E-state index in [0.717, 1.165) is 37.0 Å². The van der Waals surface area contributed by atoms with E-state index in [9.17, 15) is 9.59 Å². The summed E-state index contributed by atoms with van der Waals surface area (Å²) in [5.74, 6) is 1.65. The summed E-state index contributed by atoms with van der Waals surface area (Å²) in [6.07, 6.45) is 2.70. The van der Waals surface area contributed by atoms with Crippen LogP contribution in [0, 0.1) is 0 Å². The lowest BCUT2D eigenvalue weighted by atomic mass is 9.90. The lowest BCUT2D eigenvalue weighted by Crippen LogP contribution is -2.42. The van der Waals surface area contributed by atoms with E-state index in [4.69, 9.17) is 20.3 Å². The highest BCUT2D eigenvalue weighted by molar-refractivity contribution is 5.99. The number of hydrogen-bond donors (Lipinski definition) is 2. The van der Waals surface area contributed by atoms with Crippen molar-refractivity contribution < 1.29 is 14.3 Å². The van der Waals surface area contributed by atoms with Gasteiger partial charge < -0.3 is 20.1 Å². The minimum absolute atomic E-state index is 0.0203. The Morgan fingerprint density at radius 2 is 1.67 bits per heavy atom. The highest BCUT2D eigenvalue weighted by Crippen LogP contribution is 2.37. The van der Waals surface area contributed by atoms with Crippen LogP contribution in [0.1, 0.15) is 52.5 Å². The quantitative estimate of drug-likeness (QED) is 0.348. The molecule has 3 N–H and O–H groups in total. The number of carbonyl (C=O) groups is 1. The summed E-state index contributed by atoms with van der Waals surface area (Å²) < 4.78 is 13.2. The first-order valence-corrected chi connectivity index (χ1v) is 13.2. The zero-order valence-corrected chi connectivity index (χ0v) is 22.7. The van der Waals surface area contributed by atoms with Gasteiger partial charge in [0.1, 0.15) is 28.3 Å². The van der Waals surface area contributed by atoms with Gasteiger partial charge in [0.2, 0.25) is 0 Å². The topological polar surface area (TPSA) is 128 Å². The van der Waals surface area contributed by atoms with E-state index < -0.39 is 5.60 Å². The molecule has 4 aromatic rings. The van der Waals surface area contributed by atoms with E-state index in [1.807, 2.05) is 75.4 Å². The van der Waals surface area contributed by atoms with Gasteiger partial charge in [0.15, 0.2) is 5.82 Å². The number of amides is 1. The number of nitrogens with two attached hydrogens (primary N) is 1. The number of nitrogens with zero attached hydrogens (tertiary/aromatic N) is 4. The van der Waals surface area contributed by atoms with Crippen LogP contribution in [-0.4, -0.2) is 49.7 Å². The van der Waals surface area contributed by atoms with Gasteiger partial charge in [-0.25, -0.2) is 9.89 Å². The molecule has 0 unspecified atom stereocenters. The second-order valence-electron chi connectivity index (χ2n) is 10.9. The molecule has 0 spiro atoms. The van der Waals surface area contributed by atoms with Crippen LogP contribution < -0.4 is 16.0 Å². The smallest absolute Gasteiger partial charge is 0.410 e. The Labute approximate surface area is 226 Å². The molecule has 0 atom stereocenters. The summed E-state index contributed by atoms with van der Waals surface area (Å²) in [7, 11) is 1.78. The first-order valence-electron chi connectivity index (χ1n) is 13.2. The number of fused-ring (bicyclic) bond motifs is 1. The Morgan fingerprint density at radius 1 is 1.03 bits per heavy atom. The van der Waals surface area contributed by atoms with E-state index >= 15 is 0 Å². The van der Waals surface area contributed by atoms with Crippen LogP contribution in [0.5, 0.6) is 11.5 Å². The summed E-state index contributed by atoms with van der Waals surface area (Å²) in [5.41, 5.74) is 7.19. The Kier molecular flexibility index (Phi) is 7.03. The van der Waals surface area contributed by atoms with Gasteiger partial charge in [-0.1, -0.05) is 18.2 Å². The maximum atomic E-state index is 13.0. The molecule has 1 aliphatic carbocycles. The number of H-pyrrole nitrogens is 1. The third-order valence-electron chi connectivity index (χ3n) is 7.01. The Bertz CT molecular complexity index is 1510. The zero-order chi connectivity index (χ0) is 27.7. The first kappa shape index (κ1) is 26.3. The van der Waals surface area contributed by atoms with E-state index in [2.05, 4.69) is 10.2 Å². The number of nitrogens with one attached hydrogen (secondary N) is 1. The fraction of sp³-hybridized carbons (Fsp3) is 0.379. The second kappa shape index (κ2) is 10.4. The molecule has 0 aliphatic heterocycles. The molecule has 0 bridgehead atoms. The fourth-order valence-electron chi connectivity index (χ4n) is 5.06. The highest BCUT2D eigenvalue weighted by Gasteiger charge is 2.32. The lowest BCUT2D eigenvalue weighted by Gasteiger charge is -2.35. The van der Waals surface area contributed by atoms with Gasteiger partial charge >= 0.3 is 6.09 Å². The molecule has 39 heavy (non-hydrogen) atoms. The second-order valence-corrected chi connectivity index (χ2v) is 10.9. The molecule has 1 fully saturated rings. The standard InChI is InChI=1S/C29H34N6O4/c1-29(2,3)39-28(37)34(4)19-12-14-20(15-13-19)35-25-23(26(30)31-32-27(25)36)24(33-35)18-10-16-22(17-11-18)38-21-8-6-5-7-9-21/h5-11,16-17,19-20H,12-15H2,1-4H3,(H2,30,31)(H,32,36). The number of aromatic amines is 1. The van der Waals surface area contributed by atoms with Crippen LogP contribution in [0.3, 0.4) is 0 Å². The van der Waals surface area contributed by atoms with Crippen LogP contribution in [0.15, 0.2) is 59.4 Å². The van der Waals surface area contributed by atoms with Gasteiger partial charge in [0, 0.05) is 18.7 Å². The van der Waals surface area contributed by atoms with Gasteiger partial charge in [-0.2, -0.15) is 10.2 Å². The van der Waals surface area contributed by atoms with E-state index in [1.54, 1.807) is 16.6 Å². The summed E-state index contributed by atoms with van der Waals surface area (Å²) in [6, 6.07) is 17.1. The predicted octanol–water partition coefficient (Wildman–Crippen LogP) is 5.51. The van der Waals surface area contributed by atoms with Crippen LogP contribution >= 0.6 is 0 Å². The summed E-state index contributed by atoms with van der Waals surface area (Å²) in [5, 5.41) is 12.0. The average Bonchev–Trinajstić information content (AvgIpc) is 3.33. The molecule has 0 saturated heterocycles. The van der Waals surface area contributed by atoms with E-state index in [1.165, 1.54) is 0 Å². The SMILES string of the molecule is CN(C(=O)OC(C)(C)C)C1CCC(n2nc(-c3ccc(Oc4ccccc4)cc3)c3c(N)n[nH]c(=O)c32)CC1. The summed E-state index contributed by atoms with van der Waals surface area (Å²) in [6.45, 7) is 5.58. The van der Waals surface area contributed by atoms with Crippen molar-refractivity contribution in [2.75, 3.05) is 12.8 Å². The molecule has 2 aromatic carbocycles. The molecule has 204 valence electrons. The molecular formula is C29H34N6O4. The van der Waals surface area contributed by atoms with Crippen molar-refractivity contribution >= 4 is 22.8 Å². The summed E-state index contributed by atoms with van der Waals surface area (Å²) in [4.78, 5) is 27.2. The minimum Gasteiger partial charge on any atom is -0.457 e. The number of ether oxygens (including phenoxy) is 2. The first-order chi connectivity index (χ1) is 18.6. The molecular weight excluding hydrogens is 496 g/mol. The monoisotopic (exact) mass is 530 g/mol. The van der Waals surface area contributed by atoms with Crippen LogP contribution in [0.4, 0.5) is 10.6 Å². The van der Waals surface area contributed by atoms with Crippen molar-refractivity contribution in [1.82, 2.24) is 24.9 Å². The largest absolute Gasteiger partial charge is 0.457 e. The average molecular weight is 531 g/mol. The third-order valence-corrected chi connectivity index (χ3v) is 7.01. The van der Waals surface area contributed by atoms with Gasteiger partial charge in [-0.05, 0) is 82.9 Å². The normalized spacial score (nSPS) is 17.6. The fourth-order valence-corrected chi connectivity index (χ4v) is 5.06. The molecule has 0 radical (unpaired) electrons. The number of nitrogen functional groups attached to an aromatic ring is 1.